The summed E-state index contributed by atoms with van der Waals surface area (Å²) in [6, 6.07) is 0.117. The van der Waals surface area contributed by atoms with Crippen LogP contribution in [0.15, 0.2) is 5.11 Å². The Morgan fingerprint density at radius 2 is 1.86 bits per heavy atom. The van der Waals surface area contributed by atoms with E-state index < -0.39 is 0 Å². The maximum atomic E-state index is 8.27. The molecule has 0 aromatic heterocycles. The summed E-state index contributed by atoms with van der Waals surface area (Å²) in [6.45, 7) is 5.99. The van der Waals surface area contributed by atoms with E-state index in [1.54, 1.807) is 0 Å². The third-order valence-corrected chi connectivity index (χ3v) is 2.44. The van der Waals surface area contributed by atoms with Crippen molar-refractivity contribution in [2.24, 2.45) is 5.11 Å². The summed E-state index contributed by atoms with van der Waals surface area (Å²) in [4.78, 5) is 2.82. The normalized spacial score (nSPS) is 12.1. The van der Waals surface area contributed by atoms with Crippen LogP contribution in [0.25, 0.3) is 10.4 Å². The fourth-order valence-corrected chi connectivity index (χ4v) is 1.49. The van der Waals surface area contributed by atoms with Gasteiger partial charge in [-0.15, -0.1) is 0 Å². The molecule has 0 N–H and O–H groups in total. The molecule has 0 aromatic carbocycles. The standard InChI is InChI=1S/C11H22N3/c1-3-5-6-7-8-9-10-11(4-2)13-14-12/h11H,2-10H2,1H3. The molecule has 3 heteroatoms. The Morgan fingerprint density at radius 1 is 1.21 bits per heavy atom. The van der Waals surface area contributed by atoms with Gasteiger partial charge in [-0.1, -0.05) is 57.5 Å². The molecule has 3 nitrogen and oxygen atoms in total. The third-order valence-electron chi connectivity index (χ3n) is 2.44. The van der Waals surface area contributed by atoms with Crippen LogP contribution in [0.1, 0.15) is 58.3 Å². The largest absolute Gasteiger partial charge is 0.0906 e. The molecule has 0 heterocycles. The summed E-state index contributed by atoms with van der Waals surface area (Å²) < 4.78 is 0. The molecule has 0 aliphatic heterocycles. The van der Waals surface area contributed by atoms with Crippen molar-refractivity contribution in [1.82, 2.24) is 0 Å². The molecule has 0 aliphatic carbocycles. The molecule has 0 amide bonds. The van der Waals surface area contributed by atoms with E-state index in [4.69, 9.17) is 5.53 Å². The smallest absolute Gasteiger partial charge is 0.0374 e. The predicted octanol–water partition coefficient (Wildman–Crippen LogP) is 4.64. The highest BCUT2D eigenvalue weighted by Gasteiger charge is 2.01. The second-order valence-electron chi connectivity index (χ2n) is 3.70. The first-order valence-corrected chi connectivity index (χ1v) is 5.68. The number of azide groups is 1. The zero-order valence-corrected chi connectivity index (χ0v) is 9.28. The molecule has 0 aromatic rings. The van der Waals surface area contributed by atoms with Gasteiger partial charge in [-0.3, -0.25) is 0 Å². The van der Waals surface area contributed by atoms with Gasteiger partial charge < -0.3 is 0 Å². The number of nitrogens with zero attached hydrogens (tertiary/aromatic N) is 3. The third kappa shape index (κ3) is 7.93. The van der Waals surface area contributed by atoms with E-state index in [0.29, 0.717) is 0 Å². The first kappa shape index (κ1) is 13.3. The second-order valence-corrected chi connectivity index (χ2v) is 3.70. The van der Waals surface area contributed by atoms with Crippen LogP contribution in [0.2, 0.25) is 0 Å². The van der Waals surface area contributed by atoms with Gasteiger partial charge in [0.25, 0.3) is 0 Å². The van der Waals surface area contributed by atoms with Crippen LogP contribution < -0.4 is 0 Å². The summed E-state index contributed by atoms with van der Waals surface area (Å²) in [7, 11) is 0. The first-order chi connectivity index (χ1) is 6.85. The highest BCUT2D eigenvalue weighted by Crippen LogP contribution is 2.12. The fourth-order valence-electron chi connectivity index (χ4n) is 1.49. The van der Waals surface area contributed by atoms with E-state index in [1.165, 1.54) is 38.5 Å². The van der Waals surface area contributed by atoms with Crippen LogP contribution in [-0.4, -0.2) is 6.04 Å². The lowest BCUT2D eigenvalue weighted by molar-refractivity contribution is 0.535. The van der Waals surface area contributed by atoms with Gasteiger partial charge in [0.1, 0.15) is 0 Å². The Bertz CT molecular complexity index is 162. The van der Waals surface area contributed by atoms with Gasteiger partial charge in [0, 0.05) is 11.0 Å². The van der Waals surface area contributed by atoms with Gasteiger partial charge in [-0.25, -0.2) is 0 Å². The summed E-state index contributed by atoms with van der Waals surface area (Å²) in [5.41, 5.74) is 8.27. The summed E-state index contributed by atoms with van der Waals surface area (Å²) in [5, 5.41) is 3.69. The van der Waals surface area contributed by atoms with Crippen LogP contribution in [0.3, 0.4) is 0 Å². The molecule has 0 spiro atoms. The molecule has 1 unspecified atom stereocenters. The molecule has 0 aliphatic rings. The van der Waals surface area contributed by atoms with Gasteiger partial charge in [-0.05, 0) is 18.4 Å². The van der Waals surface area contributed by atoms with E-state index in [-0.39, 0.29) is 6.04 Å². The lowest BCUT2D eigenvalue weighted by atomic mass is 10.0. The van der Waals surface area contributed by atoms with Crippen molar-refractivity contribution in [3.63, 3.8) is 0 Å². The molecular formula is C11H22N3. The number of hydrogen-bond acceptors (Lipinski definition) is 1. The minimum absolute atomic E-state index is 0.117. The minimum atomic E-state index is 0.117. The molecule has 14 heavy (non-hydrogen) atoms. The van der Waals surface area contributed by atoms with Crippen LogP contribution in [0.4, 0.5) is 0 Å². The predicted molar refractivity (Wildman–Crippen MR) is 60.9 cm³/mol. The Kier molecular flexibility index (Phi) is 9.88. The van der Waals surface area contributed by atoms with Crippen molar-refractivity contribution in [2.75, 3.05) is 0 Å². The van der Waals surface area contributed by atoms with Gasteiger partial charge >= 0.3 is 0 Å². The van der Waals surface area contributed by atoms with E-state index in [9.17, 15) is 0 Å². The van der Waals surface area contributed by atoms with Crippen LogP contribution >= 0.6 is 0 Å². The molecule has 0 fully saturated rings. The van der Waals surface area contributed by atoms with Crippen LogP contribution in [0, 0.1) is 6.92 Å². The topological polar surface area (TPSA) is 48.8 Å². The van der Waals surface area contributed by atoms with Crippen molar-refractivity contribution in [2.45, 2.75) is 64.3 Å². The molecule has 1 radical (unpaired) electrons. The van der Waals surface area contributed by atoms with Crippen molar-refractivity contribution in [3.8, 4) is 0 Å². The highest BCUT2D eigenvalue weighted by atomic mass is 15.1. The van der Waals surface area contributed by atoms with E-state index in [2.05, 4.69) is 23.9 Å². The highest BCUT2D eigenvalue weighted by molar-refractivity contribution is 4.67. The summed E-state index contributed by atoms with van der Waals surface area (Å²) in [5.74, 6) is 0. The molecule has 0 bridgehead atoms. The molecule has 0 saturated carbocycles. The molecule has 0 saturated heterocycles. The van der Waals surface area contributed by atoms with E-state index in [0.717, 1.165) is 12.8 Å². The summed E-state index contributed by atoms with van der Waals surface area (Å²) in [6.07, 6.45) is 9.44. The van der Waals surface area contributed by atoms with Gasteiger partial charge in [0.2, 0.25) is 0 Å². The molecule has 1 atom stereocenters. The maximum absolute atomic E-state index is 8.27. The van der Waals surface area contributed by atoms with Gasteiger partial charge in [0.15, 0.2) is 0 Å². The Balaban J connectivity index is 3.28. The number of hydrogen-bond donors (Lipinski definition) is 0. The Morgan fingerprint density at radius 3 is 2.43 bits per heavy atom. The van der Waals surface area contributed by atoms with E-state index in [1.807, 2.05) is 0 Å². The minimum Gasteiger partial charge on any atom is -0.0906 e. The summed E-state index contributed by atoms with van der Waals surface area (Å²) >= 11 is 0. The van der Waals surface area contributed by atoms with Crippen molar-refractivity contribution < 1.29 is 0 Å². The lowest BCUT2D eigenvalue weighted by Crippen LogP contribution is -2.00. The first-order valence-electron chi connectivity index (χ1n) is 5.68. The molecular weight excluding hydrogens is 174 g/mol. The Hall–Kier alpha value is -0.690. The zero-order valence-electron chi connectivity index (χ0n) is 9.28. The van der Waals surface area contributed by atoms with Gasteiger partial charge in [0.05, 0.1) is 0 Å². The average molecular weight is 196 g/mol. The van der Waals surface area contributed by atoms with Crippen molar-refractivity contribution in [1.29, 1.82) is 0 Å². The number of rotatable bonds is 9. The Labute approximate surface area is 87.5 Å². The van der Waals surface area contributed by atoms with E-state index >= 15 is 0 Å². The fraction of sp³-hybridized carbons (Fsp3) is 0.909. The quantitative estimate of drug-likeness (QED) is 0.223. The molecule has 81 valence electrons. The number of unbranched alkanes of at least 4 members (excludes halogenated alkanes) is 5. The maximum Gasteiger partial charge on any atom is 0.0374 e. The van der Waals surface area contributed by atoms with Crippen molar-refractivity contribution in [3.05, 3.63) is 17.4 Å². The average Bonchev–Trinajstić information content (AvgIpc) is 2.21. The van der Waals surface area contributed by atoms with Crippen LogP contribution in [0.5, 0.6) is 0 Å². The second kappa shape index (κ2) is 10.4. The molecule has 0 rings (SSSR count). The monoisotopic (exact) mass is 196 g/mol. The lowest BCUT2D eigenvalue weighted by Gasteiger charge is -2.06. The van der Waals surface area contributed by atoms with Gasteiger partial charge in [-0.2, -0.15) is 0 Å². The SMILES string of the molecule is [CH2]CC(CCCCCCCC)N=[N+]=[N-]. The zero-order chi connectivity index (χ0) is 10.6. The van der Waals surface area contributed by atoms with Crippen LogP contribution in [-0.2, 0) is 0 Å². The van der Waals surface area contributed by atoms with Crippen molar-refractivity contribution >= 4 is 0 Å².